The van der Waals surface area contributed by atoms with Crippen molar-refractivity contribution in [2.75, 3.05) is 19.6 Å². The van der Waals surface area contributed by atoms with E-state index in [0.29, 0.717) is 12.8 Å². The minimum Gasteiger partial charge on any atom is -0.480 e. The zero-order valence-corrected chi connectivity index (χ0v) is 10.2. The van der Waals surface area contributed by atoms with Crippen LogP contribution >= 0.6 is 0 Å². The molecule has 0 aromatic rings. The number of carboxylic acid groups (broad SMARTS) is 1. The summed E-state index contributed by atoms with van der Waals surface area (Å²) in [5.41, 5.74) is 0. The molecule has 2 atom stereocenters. The summed E-state index contributed by atoms with van der Waals surface area (Å²) in [7, 11) is 0. The van der Waals surface area contributed by atoms with Crippen molar-refractivity contribution >= 4 is 11.9 Å². The van der Waals surface area contributed by atoms with Crippen LogP contribution in [0.5, 0.6) is 0 Å². The second kappa shape index (κ2) is 6.63. The largest absolute Gasteiger partial charge is 0.480 e. The Hall–Kier alpha value is -1.24. The van der Waals surface area contributed by atoms with Gasteiger partial charge in [0.1, 0.15) is 6.04 Å². The molecule has 5 nitrogen and oxygen atoms in total. The molecule has 1 heterocycles. The molecule has 0 aromatic heterocycles. The molecule has 2 N–H and O–H groups in total. The fourth-order valence-corrected chi connectivity index (χ4v) is 2.08. The molecular weight excluding hydrogens is 246 g/mol. The maximum atomic E-state index is 12.3. The number of halogens is 2. The van der Waals surface area contributed by atoms with Gasteiger partial charge >= 0.3 is 5.97 Å². The molecule has 1 amide bonds. The summed E-state index contributed by atoms with van der Waals surface area (Å²) in [6.07, 6.45) is -1.78. The summed E-state index contributed by atoms with van der Waals surface area (Å²) < 4.78 is 24.6. The summed E-state index contributed by atoms with van der Waals surface area (Å²) in [5.74, 6) is -1.67. The Kier molecular flexibility index (Phi) is 5.46. The van der Waals surface area contributed by atoms with Gasteiger partial charge in [-0.05, 0) is 19.8 Å². The van der Waals surface area contributed by atoms with E-state index in [0.717, 1.165) is 4.90 Å². The maximum Gasteiger partial charge on any atom is 0.320 e. The first-order chi connectivity index (χ1) is 8.45. The molecule has 1 rings (SSSR count). The summed E-state index contributed by atoms with van der Waals surface area (Å²) in [6, 6.07) is -0.640. The first-order valence-electron chi connectivity index (χ1n) is 5.98. The molecular formula is C11H18F2N2O3. The van der Waals surface area contributed by atoms with Gasteiger partial charge in [-0.1, -0.05) is 0 Å². The molecule has 1 aliphatic heterocycles. The molecule has 0 bridgehead atoms. The Labute approximate surface area is 104 Å². The van der Waals surface area contributed by atoms with Gasteiger partial charge in [0, 0.05) is 13.1 Å². The molecule has 1 saturated heterocycles. The average molecular weight is 264 g/mol. The van der Waals surface area contributed by atoms with E-state index in [2.05, 4.69) is 5.32 Å². The number of hydrogen-bond donors (Lipinski definition) is 2. The van der Waals surface area contributed by atoms with Gasteiger partial charge in [-0.3, -0.25) is 9.59 Å². The van der Waals surface area contributed by atoms with Crippen LogP contribution in [0.3, 0.4) is 0 Å². The number of nitrogens with one attached hydrogen (secondary N) is 1. The van der Waals surface area contributed by atoms with E-state index in [1.54, 1.807) is 6.92 Å². The minimum absolute atomic E-state index is 0.232. The Morgan fingerprint density at radius 1 is 1.44 bits per heavy atom. The highest BCUT2D eigenvalue weighted by Crippen LogP contribution is 2.17. The molecule has 0 radical (unpaired) electrons. The predicted molar refractivity (Wildman–Crippen MR) is 60.4 cm³/mol. The van der Waals surface area contributed by atoms with Crippen LogP contribution in [-0.4, -0.2) is 54.0 Å². The van der Waals surface area contributed by atoms with Crippen LogP contribution in [-0.2, 0) is 9.59 Å². The van der Waals surface area contributed by atoms with Crippen molar-refractivity contribution in [1.29, 1.82) is 0 Å². The highest BCUT2D eigenvalue weighted by atomic mass is 19.3. The summed E-state index contributed by atoms with van der Waals surface area (Å²) >= 11 is 0. The molecule has 7 heteroatoms. The number of carboxylic acids is 1. The van der Waals surface area contributed by atoms with Crippen molar-refractivity contribution < 1.29 is 23.5 Å². The number of amides is 1. The number of piperidine rings is 1. The molecule has 0 aromatic carbocycles. The smallest absolute Gasteiger partial charge is 0.320 e. The molecule has 2 unspecified atom stereocenters. The highest BCUT2D eigenvalue weighted by molar-refractivity contribution is 5.80. The average Bonchev–Trinajstić information content (AvgIpc) is 2.35. The van der Waals surface area contributed by atoms with E-state index >= 15 is 0 Å². The number of nitrogens with zero attached hydrogens (tertiary/aromatic N) is 1. The molecule has 0 spiro atoms. The van der Waals surface area contributed by atoms with Crippen molar-refractivity contribution in [1.82, 2.24) is 10.2 Å². The predicted octanol–water partition coefficient (Wildman–Crippen LogP) is 0.553. The third-order valence-electron chi connectivity index (χ3n) is 3.11. The Morgan fingerprint density at radius 3 is 2.50 bits per heavy atom. The minimum atomic E-state index is -2.54. The summed E-state index contributed by atoms with van der Waals surface area (Å²) in [5, 5.41) is 11.5. The van der Waals surface area contributed by atoms with Crippen LogP contribution in [0.1, 0.15) is 19.8 Å². The lowest BCUT2D eigenvalue weighted by atomic mass is 9.93. The van der Waals surface area contributed by atoms with Crippen LogP contribution in [0, 0.1) is 5.92 Å². The molecule has 104 valence electrons. The van der Waals surface area contributed by atoms with Crippen LogP contribution in [0.4, 0.5) is 8.78 Å². The van der Waals surface area contributed by atoms with Crippen molar-refractivity contribution in [3.63, 3.8) is 0 Å². The normalized spacial score (nSPS) is 24.0. The molecule has 0 aliphatic carbocycles. The van der Waals surface area contributed by atoms with Gasteiger partial charge < -0.3 is 15.3 Å². The van der Waals surface area contributed by atoms with E-state index in [-0.39, 0.29) is 19.0 Å². The van der Waals surface area contributed by atoms with E-state index in [1.807, 2.05) is 0 Å². The Morgan fingerprint density at radius 2 is 2.11 bits per heavy atom. The molecule has 0 saturated carbocycles. The first kappa shape index (κ1) is 14.8. The fourth-order valence-electron chi connectivity index (χ4n) is 2.08. The van der Waals surface area contributed by atoms with E-state index in [4.69, 9.17) is 5.11 Å². The molecule has 18 heavy (non-hydrogen) atoms. The second-order valence-electron chi connectivity index (χ2n) is 4.34. The number of carbonyl (C=O) groups excluding carboxylic acids is 1. The van der Waals surface area contributed by atoms with Gasteiger partial charge in [-0.25, -0.2) is 8.78 Å². The van der Waals surface area contributed by atoms with Crippen LogP contribution in [0.15, 0.2) is 0 Å². The third-order valence-corrected chi connectivity index (χ3v) is 3.11. The number of hydrogen-bond acceptors (Lipinski definition) is 3. The maximum absolute atomic E-state index is 12.3. The van der Waals surface area contributed by atoms with E-state index in [9.17, 15) is 18.4 Å². The van der Waals surface area contributed by atoms with Crippen LogP contribution < -0.4 is 5.32 Å². The van der Waals surface area contributed by atoms with Gasteiger partial charge in [-0.2, -0.15) is 0 Å². The highest BCUT2D eigenvalue weighted by Gasteiger charge is 2.31. The number of carbonyl (C=O) groups is 2. The van der Waals surface area contributed by atoms with E-state index < -0.39 is 30.9 Å². The zero-order valence-electron chi connectivity index (χ0n) is 10.2. The number of rotatable bonds is 5. The van der Waals surface area contributed by atoms with Gasteiger partial charge in [0.25, 0.3) is 6.43 Å². The topological polar surface area (TPSA) is 69.6 Å². The Bertz CT molecular complexity index is 305. The standard InChI is InChI=1S/C11H18F2N2O3/c1-2-15(6-9(12)13)10(16)7-3-4-8(11(17)18)14-5-7/h7-9,14H,2-6H2,1H3,(H,17,18). The van der Waals surface area contributed by atoms with Gasteiger partial charge in [0.2, 0.25) is 5.91 Å². The number of aliphatic carboxylic acids is 1. The SMILES string of the molecule is CCN(CC(F)F)C(=O)C1CCC(C(=O)O)NC1. The van der Waals surface area contributed by atoms with E-state index in [1.165, 1.54) is 0 Å². The van der Waals surface area contributed by atoms with Gasteiger partial charge in [0.15, 0.2) is 0 Å². The van der Waals surface area contributed by atoms with Crippen molar-refractivity contribution in [2.45, 2.75) is 32.2 Å². The monoisotopic (exact) mass is 264 g/mol. The lowest BCUT2D eigenvalue weighted by Crippen LogP contribution is -2.49. The van der Waals surface area contributed by atoms with Gasteiger partial charge in [0.05, 0.1) is 12.5 Å². The quantitative estimate of drug-likeness (QED) is 0.761. The van der Waals surface area contributed by atoms with Crippen LogP contribution in [0.2, 0.25) is 0 Å². The van der Waals surface area contributed by atoms with Crippen molar-refractivity contribution in [3.8, 4) is 0 Å². The molecule has 1 aliphatic rings. The van der Waals surface area contributed by atoms with Crippen LogP contribution in [0.25, 0.3) is 0 Å². The third kappa shape index (κ3) is 3.90. The Balaban J connectivity index is 2.50. The van der Waals surface area contributed by atoms with Gasteiger partial charge in [-0.15, -0.1) is 0 Å². The summed E-state index contributed by atoms with van der Waals surface area (Å²) in [6.45, 7) is 1.56. The van der Waals surface area contributed by atoms with Crippen molar-refractivity contribution in [2.24, 2.45) is 5.92 Å². The fraction of sp³-hybridized carbons (Fsp3) is 0.818. The van der Waals surface area contributed by atoms with Crippen molar-refractivity contribution in [3.05, 3.63) is 0 Å². The zero-order chi connectivity index (χ0) is 13.7. The number of alkyl halides is 2. The summed E-state index contributed by atoms with van der Waals surface area (Å²) in [4.78, 5) is 23.8. The lowest BCUT2D eigenvalue weighted by Gasteiger charge is -2.31. The lowest BCUT2D eigenvalue weighted by molar-refractivity contribution is -0.143. The molecule has 1 fully saturated rings. The first-order valence-corrected chi connectivity index (χ1v) is 5.98. The second-order valence-corrected chi connectivity index (χ2v) is 4.34.